The Labute approximate surface area is 147 Å². The number of nitriles is 1. The molecule has 0 spiro atoms. The Morgan fingerprint density at radius 2 is 2.00 bits per heavy atom. The van der Waals surface area contributed by atoms with Crippen molar-refractivity contribution < 1.29 is 18.0 Å². The molecule has 0 saturated heterocycles. The molecule has 0 fully saturated rings. The Kier molecular flexibility index (Phi) is 5.50. The Morgan fingerprint density at radius 1 is 1.31 bits per heavy atom. The van der Waals surface area contributed by atoms with E-state index in [1.165, 1.54) is 12.1 Å². The maximum absolute atomic E-state index is 12.7. The summed E-state index contributed by atoms with van der Waals surface area (Å²) in [6.45, 7) is 3.29. The first-order valence-corrected chi connectivity index (χ1v) is 7.73. The zero-order chi connectivity index (χ0) is 19.5. The maximum atomic E-state index is 12.7. The van der Waals surface area contributed by atoms with Crippen LogP contribution < -0.4 is 10.9 Å². The number of alkyl halides is 3. The van der Waals surface area contributed by atoms with Crippen molar-refractivity contribution in [3.63, 3.8) is 0 Å². The molecule has 0 saturated carbocycles. The highest BCUT2D eigenvalue weighted by atomic mass is 19.4. The fourth-order valence-electron chi connectivity index (χ4n) is 2.66. The molecule has 136 valence electrons. The number of halogens is 3. The molecule has 0 radical (unpaired) electrons. The quantitative estimate of drug-likeness (QED) is 0.872. The van der Waals surface area contributed by atoms with Crippen molar-refractivity contribution in [2.45, 2.75) is 32.9 Å². The number of aromatic nitrogens is 1. The number of hydrogen-bond donors (Lipinski definition) is 2. The summed E-state index contributed by atoms with van der Waals surface area (Å²) < 4.78 is 38.1. The molecular weight excluding hydrogens is 347 g/mol. The summed E-state index contributed by atoms with van der Waals surface area (Å²) in [7, 11) is 0. The Balaban J connectivity index is 2.11. The van der Waals surface area contributed by atoms with Crippen molar-refractivity contribution in [2.75, 3.05) is 5.32 Å². The lowest BCUT2D eigenvalue weighted by Crippen LogP contribution is -2.18. The Morgan fingerprint density at radius 3 is 2.62 bits per heavy atom. The molecule has 2 aromatic rings. The number of anilines is 1. The van der Waals surface area contributed by atoms with Crippen LogP contribution in [0.2, 0.25) is 0 Å². The summed E-state index contributed by atoms with van der Waals surface area (Å²) in [6.07, 6.45) is -4.25. The lowest BCUT2D eigenvalue weighted by atomic mass is 9.99. The summed E-state index contributed by atoms with van der Waals surface area (Å²) in [5, 5.41) is 11.5. The van der Waals surface area contributed by atoms with E-state index in [2.05, 4.69) is 10.3 Å². The van der Waals surface area contributed by atoms with Crippen molar-refractivity contribution >= 4 is 11.6 Å². The molecule has 0 unspecified atom stereocenters. The molecule has 0 aliphatic heterocycles. The molecule has 0 atom stereocenters. The van der Waals surface area contributed by atoms with E-state index in [4.69, 9.17) is 5.26 Å². The number of hydrogen-bond acceptors (Lipinski definition) is 3. The predicted molar refractivity (Wildman–Crippen MR) is 89.6 cm³/mol. The predicted octanol–water partition coefficient (Wildman–Crippen LogP) is 3.45. The number of aromatic amines is 1. The van der Waals surface area contributed by atoms with Crippen LogP contribution in [-0.4, -0.2) is 10.9 Å². The third kappa shape index (κ3) is 4.30. The van der Waals surface area contributed by atoms with Gasteiger partial charge in [-0.15, -0.1) is 0 Å². The number of rotatable bonds is 4. The van der Waals surface area contributed by atoms with Crippen LogP contribution >= 0.6 is 0 Å². The third-order valence-electron chi connectivity index (χ3n) is 4.00. The number of aryl methyl sites for hydroxylation is 1. The second-order valence-corrected chi connectivity index (χ2v) is 5.80. The first-order valence-electron chi connectivity index (χ1n) is 7.73. The second kappa shape index (κ2) is 7.44. The van der Waals surface area contributed by atoms with Gasteiger partial charge in [0, 0.05) is 17.8 Å². The molecule has 0 aliphatic rings. The topological polar surface area (TPSA) is 85.8 Å². The zero-order valence-electron chi connectivity index (χ0n) is 14.1. The highest BCUT2D eigenvalue weighted by molar-refractivity contribution is 5.91. The molecule has 1 amide bonds. The van der Waals surface area contributed by atoms with E-state index in [-0.39, 0.29) is 24.1 Å². The van der Waals surface area contributed by atoms with Crippen LogP contribution in [0.15, 0.2) is 29.1 Å². The molecule has 0 bridgehead atoms. The van der Waals surface area contributed by atoms with Crippen LogP contribution in [0.5, 0.6) is 0 Å². The molecule has 2 rings (SSSR count). The first kappa shape index (κ1) is 19.2. The van der Waals surface area contributed by atoms with Gasteiger partial charge in [-0.25, -0.2) is 0 Å². The van der Waals surface area contributed by atoms with E-state index in [0.29, 0.717) is 16.8 Å². The zero-order valence-corrected chi connectivity index (χ0v) is 14.1. The monoisotopic (exact) mass is 363 g/mol. The van der Waals surface area contributed by atoms with Crippen LogP contribution in [0, 0.1) is 25.2 Å². The molecule has 0 aliphatic carbocycles. The minimum absolute atomic E-state index is 0.00512. The van der Waals surface area contributed by atoms with E-state index in [1.54, 1.807) is 13.8 Å². The van der Waals surface area contributed by atoms with Crippen LogP contribution in [0.4, 0.5) is 18.9 Å². The van der Waals surface area contributed by atoms with Gasteiger partial charge in [0.15, 0.2) is 0 Å². The molecule has 5 nitrogen and oxygen atoms in total. The number of carbonyl (C=O) groups is 1. The number of carbonyl (C=O) groups excluding carboxylic acids is 1. The van der Waals surface area contributed by atoms with Gasteiger partial charge >= 0.3 is 6.18 Å². The number of amides is 1. The van der Waals surface area contributed by atoms with Gasteiger partial charge in [-0.2, -0.15) is 18.4 Å². The van der Waals surface area contributed by atoms with Crippen molar-refractivity contribution in [3.8, 4) is 6.07 Å². The van der Waals surface area contributed by atoms with Crippen LogP contribution in [0.25, 0.3) is 0 Å². The molecular formula is C18H16F3N3O2. The van der Waals surface area contributed by atoms with Gasteiger partial charge in [-0.1, -0.05) is 6.07 Å². The molecule has 2 N–H and O–H groups in total. The lowest BCUT2D eigenvalue weighted by molar-refractivity contribution is -0.137. The fraction of sp³-hybridized carbons (Fsp3) is 0.278. The molecule has 1 heterocycles. The number of nitrogens with zero attached hydrogens (tertiary/aromatic N) is 1. The van der Waals surface area contributed by atoms with Gasteiger partial charge in [-0.05, 0) is 49.6 Å². The van der Waals surface area contributed by atoms with Gasteiger partial charge < -0.3 is 10.3 Å². The third-order valence-corrected chi connectivity index (χ3v) is 4.00. The molecule has 26 heavy (non-hydrogen) atoms. The number of pyridine rings is 1. The van der Waals surface area contributed by atoms with Crippen molar-refractivity contribution in [3.05, 3.63) is 62.6 Å². The van der Waals surface area contributed by atoms with E-state index in [0.717, 1.165) is 12.1 Å². The Bertz CT molecular complexity index is 940. The van der Waals surface area contributed by atoms with Gasteiger partial charge in [0.1, 0.15) is 11.6 Å². The second-order valence-electron chi connectivity index (χ2n) is 5.80. The maximum Gasteiger partial charge on any atom is 0.416 e. The average molecular weight is 363 g/mol. The fourth-order valence-corrected chi connectivity index (χ4v) is 2.66. The summed E-state index contributed by atoms with van der Waals surface area (Å²) in [5.74, 6) is -0.465. The van der Waals surface area contributed by atoms with E-state index in [1.807, 2.05) is 6.07 Å². The SMILES string of the molecule is Cc1[nH]c(=O)c(C#N)c(C)c1CCC(=O)Nc1cccc(C(F)(F)F)c1. The van der Waals surface area contributed by atoms with Gasteiger partial charge in [-0.3, -0.25) is 9.59 Å². The van der Waals surface area contributed by atoms with E-state index < -0.39 is 23.2 Å². The number of H-pyrrole nitrogens is 1. The van der Waals surface area contributed by atoms with Gasteiger partial charge in [0.05, 0.1) is 5.56 Å². The van der Waals surface area contributed by atoms with Crippen LogP contribution in [-0.2, 0) is 17.4 Å². The Hall–Kier alpha value is -3.08. The van der Waals surface area contributed by atoms with Crippen molar-refractivity contribution in [1.29, 1.82) is 5.26 Å². The average Bonchev–Trinajstić information content (AvgIpc) is 2.54. The summed E-state index contributed by atoms with van der Waals surface area (Å²) in [4.78, 5) is 26.3. The van der Waals surface area contributed by atoms with E-state index >= 15 is 0 Å². The normalized spacial score (nSPS) is 11.1. The van der Waals surface area contributed by atoms with Gasteiger partial charge in [0.25, 0.3) is 5.56 Å². The smallest absolute Gasteiger partial charge is 0.326 e. The number of nitrogens with one attached hydrogen (secondary N) is 2. The molecule has 1 aromatic heterocycles. The van der Waals surface area contributed by atoms with Crippen LogP contribution in [0.1, 0.15) is 34.4 Å². The minimum atomic E-state index is -4.49. The van der Waals surface area contributed by atoms with Crippen molar-refractivity contribution in [1.82, 2.24) is 4.98 Å². The van der Waals surface area contributed by atoms with Crippen molar-refractivity contribution in [2.24, 2.45) is 0 Å². The highest BCUT2D eigenvalue weighted by Gasteiger charge is 2.30. The van der Waals surface area contributed by atoms with Gasteiger partial charge in [0.2, 0.25) is 5.91 Å². The minimum Gasteiger partial charge on any atom is -0.326 e. The standard InChI is InChI=1S/C18H16F3N3O2/c1-10-14(11(2)23-17(26)15(10)9-22)6-7-16(25)24-13-5-3-4-12(8-13)18(19,20)21/h3-5,8H,6-7H2,1-2H3,(H,23,26)(H,24,25). The summed E-state index contributed by atoms with van der Waals surface area (Å²) >= 11 is 0. The van der Waals surface area contributed by atoms with E-state index in [9.17, 15) is 22.8 Å². The molecule has 8 heteroatoms. The first-order chi connectivity index (χ1) is 12.1. The number of benzene rings is 1. The molecule has 1 aromatic carbocycles. The summed E-state index contributed by atoms with van der Waals surface area (Å²) in [6, 6.07) is 6.20. The van der Waals surface area contributed by atoms with Crippen LogP contribution in [0.3, 0.4) is 0 Å². The largest absolute Gasteiger partial charge is 0.416 e. The summed E-state index contributed by atoms with van der Waals surface area (Å²) in [5.41, 5.74) is 0.432. The lowest BCUT2D eigenvalue weighted by Gasteiger charge is -2.12. The highest BCUT2D eigenvalue weighted by Crippen LogP contribution is 2.30.